The second kappa shape index (κ2) is 13.8. The summed E-state index contributed by atoms with van der Waals surface area (Å²) in [6.45, 7) is 10.5. The van der Waals surface area contributed by atoms with Gasteiger partial charge in [0.2, 0.25) is 5.91 Å². The Morgan fingerprint density at radius 2 is 1.63 bits per heavy atom. The van der Waals surface area contributed by atoms with Crippen LogP contribution in [0.5, 0.6) is 0 Å². The number of rotatable bonds is 13. The van der Waals surface area contributed by atoms with Gasteiger partial charge in [-0.05, 0) is 12.3 Å². The lowest BCUT2D eigenvalue weighted by Gasteiger charge is -2.08. The van der Waals surface area contributed by atoms with Crippen LogP contribution in [0.2, 0.25) is 0 Å². The molecule has 19 heavy (non-hydrogen) atoms. The predicted molar refractivity (Wildman–Crippen MR) is 77.3 cm³/mol. The standard InChI is InChI=1S/C14H29NO4.H2/c1-4-6-15-14(16)5-7-17-8-9-18-10-11-19-12-13(2)3;/h13H,4-12H2,1-3H3,(H,15,16);1H. The number of carbonyl (C=O) groups excluding carboxylic acids is 1. The third-order valence-electron chi connectivity index (χ3n) is 2.24. The average Bonchev–Trinajstić information content (AvgIpc) is 2.38. The quantitative estimate of drug-likeness (QED) is 0.522. The van der Waals surface area contributed by atoms with Crippen LogP contribution in [-0.4, -0.2) is 52.1 Å². The van der Waals surface area contributed by atoms with E-state index in [1.54, 1.807) is 0 Å². The Hall–Kier alpha value is -0.650. The molecule has 0 saturated carbocycles. The van der Waals surface area contributed by atoms with Gasteiger partial charge in [-0.2, -0.15) is 0 Å². The number of amides is 1. The fraction of sp³-hybridized carbons (Fsp3) is 0.929. The molecule has 1 amide bonds. The Bertz CT molecular complexity index is 215. The molecule has 0 bridgehead atoms. The molecule has 116 valence electrons. The maximum atomic E-state index is 11.2. The van der Waals surface area contributed by atoms with Gasteiger partial charge in [0.05, 0.1) is 33.0 Å². The molecule has 0 aliphatic carbocycles. The van der Waals surface area contributed by atoms with Gasteiger partial charge in [0.15, 0.2) is 0 Å². The monoisotopic (exact) mass is 277 g/mol. The molecule has 0 aromatic carbocycles. The summed E-state index contributed by atoms with van der Waals surface area (Å²) in [6.07, 6.45) is 1.37. The SMILES string of the molecule is CCCNC(=O)CCOCCOCCOCC(C)C.[HH]. The molecule has 1 N–H and O–H groups in total. The molecule has 0 aromatic rings. The molecule has 0 saturated heterocycles. The van der Waals surface area contributed by atoms with E-state index >= 15 is 0 Å². The topological polar surface area (TPSA) is 56.8 Å². The van der Waals surface area contributed by atoms with E-state index in [2.05, 4.69) is 19.2 Å². The lowest BCUT2D eigenvalue weighted by atomic mass is 10.2. The molecule has 0 spiro atoms. The lowest BCUT2D eigenvalue weighted by molar-refractivity contribution is -0.122. The van der Waals surface area contributed by atoms with Gasteiger partial charge in [-0.3, -0.25) is 4.79 Å². The van der Waals surface area contributed by atoms with E-state index < -0.39 is 0 Å². The second-order valence-corrected chi connectivity index (χ2v) is 4.79. The fourth-order valence-electron chi connectivity index (χ4n) is 1.28. The van der Waals surface area contributed by atoms with Gasteiger partial charge in [-0.25, -0.2) is 0 Å². The van der Waals surface area contributed by atoms with Crippen LogP contribution in [0.3, 0.4) is 0 Å². The Balaban J connectivity index is 0. The minimum Gasteiger partial charge on any atom is -0.379 e. The van der Waals surface area contributed by atoms with Gasteiger partial charge in [-0.15, -0.1) is 0 Å². The zero-order valence-corrected chi connectivity index (χ0v) is 12.6. The minimum absolute atomic E-state index is 0. The summed E-state index contributed by atoms with van der Waals surface area (Å²) in [4.78, 5) is 11.2. The van der Waals surface area contributed by atoms with Gasteiger partial charge in [0.25, 0.3) is 0 Å². The predicted octanol–water partition coefficient (Wildman–Crippen LogP) is 1.85. The van der Waals surface area contributed by atoms with Gasteiger partial charge in [0.1, 0.15) is 0 Å². The second-order valence-electron chi connectivity index (χ2n) is 4.79. The molecule has 0 radical (unpaired) electrons. The molecular weight excluding hydrogens is 246 g/mol. The zero-order valence-electron chi connectivity index (χ0n) is 12.6. The lowest BCUT2D eigenvalue weighted by Crippen LogP contribution is -2.25. The van der Waals surface area contributed by atoms with E-state index in [9.17, 15) is 4.79 Å². The summed E-state index contributed by atoms with van der Waals surface area (Å²) in [5, 5.41) is 2.80. The molecule has 0 heterocycles. The van der Waals surface area contributed by atoms with Crippen LogP contribution in [0.25, 0.3) is 0 Å². The summed E-state index contributed by atoms with van der Waals surface area (Å²) in [6, 6.07) is 0. The van der Waals surface area contributed by atoms with Crippen molar-refractivity contribution in [2.24, 2.45) is 5.92 Å². The first-order valence-electron chi connectivity index (χ1n) is 7.16. The Morgan fingerprint density at radius 1 is 1.05 bits per heavy atom. The average molecular weight is 277 g/mol. The first kappa shape index (κ1) is 18.4. The molecule has 0 aliphatic heterocycles. The molecule has 5 nitrogen and oxygen atoms in total. The van der Waals surface area contributed by atoms with E-state index in [-0.39, 0.29) is 7.33 Å². The summed E-state index contributed by atoms with van der Waals surface area (Å²) in [7, 11) is 0. The van der Waals surface area contributed by atoms with Crippen LogP contribution in [0.15, 0.2) is 0 Å². The summed E-state index contributed by atoms with van der Waals surface area (Å²) in [5.74, 6) is 0.604. The van der Waals surface area contributed by atoms with Crippen molar-refractivity contribution in [1.82, 2.24) is 5.32 Å². The largest absolute Gasteiger partial charge is 0.379 e. The van der Waals surface area contributed by atoms with Crippen LogP contribution < -0.4 is 5.32 Å². The van der Waals surface area contributed by atoms with Crippen LogP contribution >= 0.6 is 0 Å². The zero-order chi connectivity index (χ0) is 14.3. The third-order valence-corrected chi connectivity index (χ3v) is 2.24. The summed E-state index contributed by atoms with van der Waals surface area (Å²) >= 11 is 0. The van der Waals surface area contributed by atoms with Gasteiger partial charge in [0, 0.05) is 21.0 Å². The van der Waals surface area contributed by atoms with Crippen LogP contribution in [0, 0.1) is 5.92 Å². The minimum atomic E-state index is 0. The van der Waals surface area contributed by atoms with Crippen molar-refractivity contribution in [3.8, 4) is 0 Å². The summed E-state index contributed by atoms with van der Waals surface area (Å²) in [5.41, 5.74) is 0. The molecule has 0 unspecified atom stereocenters. The smallest absolute Gasteiger partial charge is 0.222 e. The maximum absolute atomic E-state index is 11.2. The van der Waals surface area contributed by atoms with E-state index in [1.165, 1.54) is 0 Å². The third kappa shape index (κ3) is 15.3. The molecule has 0 atom stereocenters. The number of carbonyl (C=O) groups is 1. The molecule has 0 aromatic heterocycles. The molecule has 5 heteroatoms. The molecular formula is C14H31NO4. The Labute approximate surface area is 118 Å². The highest BCUT2D eigenvalue weighted by atomic mass is 16.5. The Kier molecular flexibility index (Phi) is 13.3. The van der Waals surface area contributed by atoms with Crippen molar-refractivity contribution in [2.75, 3.05) is 46.2 Å². The highest BCUT2D eigenvalue weighted by Crippen LogP contribution is 1.92. The fourth-order valence-corrected chi connectivity index (χ4v) is 1.28. The number of hydrogen-bond acceptors (Lipinski definition) is 4. The highest BCUT2D eigenvalue weighted by molar-refractivity contribution is 5.75. The van der Waals surface area contributed by atoms with Gasteiger partial charge in [-0.1, -0.05) is 20.8 Å². The van der Waals surface area contributed by atoms with Crippen molar-refractivity contribution >= 4 is 5.91 Å². The van der Waals surface area contributed by atoms with E-state index in [0.29, 0.717) is 45.4 Å². The first-order valence-corrected chi connectivity index (χ1v) is 7.16. The van der Waals surface area contributed by atoms with Crippen molar-refractivity contribution in [3.63, 3.8) is 0 Å². The number of ether oxygens (including phenoxy) is 3. The molecule has 0 rings (SSSR count). The Morgan fingerprint density at radius 3 is 2.21 bits per heavy atom. The van der Waals surface area contributed by atoms with E-state index in [0.717, 1.165) is 19.6 Å². The molecule has 0 aliphatic rings. The van der Waals surface area contributed by atoms with E-state index in [1.807, 2.05) is 6.92 Å². The maximum Gasteiger partial charge on any atom is 0.222 e. The normalized spacial score (nSPS) is 10.9. The van der Waals surface area contributed by atoms with Crippen LogP contribution in [0.4, 0.5) is 0 Å². The van der Waals surface area contributed by atoms with Crippen LogP contribution in [0.1, 0.15) is 35.0 Å². The highest BCUT2D eigenvalue weighted by Gasteiger charge is 1.99. The van der Waals surface area contributed by atoms with Crippen molar-refractivity contribution in [2.45, 2.75) is 33.6 Å². The van der Waals surface area contributed by atoms with Crippen molar-refractivity contribution in [3.05, 3.63) is 0 Å². The first-order chi connectivity index (χ1) is 9.16. The number of hydrogen-bond donors (Lipinski definition) is 1. The van der Waals surface area contributed by atoms with E-state index in [4.69, 9.17) is 14.2 Å². The van der Waals surface area contributed by atoms with Crippen molar-refractivity contribution in [1.29, 1.82) is 0 Å². The molecule has 0 fully saturated rings. The summed E-state index contributed by atoms with van der Waals surface area (Å²) < 4.78 is 16.0. The van der Waals surface area contributed by atoms with Gasteiger partial charge < -0.3 is 19.5 Å². The van der Waals surface area contributed by atoms with Gasteiger partial charge >= 0.3 is 0 Å². The van der Waals surface area contributed by atoms with Crippen LogP contribution in [-0.2, 0) is 19.0 Å². The number of nitrogens with one attached hydrogen (secondary N) is 1. The van der Waals surface area contributed by atoms with Crippen molar-refractivity contribution < 1.29 is 20.4 Å².